The van der Waals surface area contributed by atoms with Crippen molar-refractivity contribution in [1.82, 2.24) is 4.31 Å². The monoisotopic (exact) mass is 281 g/mol. The van der Waals surface area contributed by atoms with Gasteiger partial charge in [0.25, 0.3) is 0 Å². The molecule has 2 N–H and O–H groups in total. The van der Waals surface area contributed by atoms with Crippen LogP contribution in [0, 0.1) is 0 Å². The van der Waals surface area contributed by atoms with Gasteiger partial charge in [-0.3, -0.25) is 4.72 Å². The predicted molar refractivity (Wildman–Crippen MR) is 76.6 cm³/mol. The van der Waals surface area contributed by atoms with E-state index in [9.17, 15) is 8.42 Å². The quantitative estimate of drug-likeness (QED) is 0.888. The summed E-state index contributed by atoms with van der Waals surface area (Å²) in [6.45, 7) is 2.21. The van der Waals surface area contributed by atoms with Crippen LogP contribution in [0.5, 0.6) is 0 Å². The maximum atomic E-state index is 12.3. The smallest absolute Gasteiger partial charge is 0.301 e. The molecule has 0 spiro atoms. The zero-order valence-electron chi connectivity index (χ0n) is 10.9. The highest BCUT2D eigenvalue weighted by Gasteiger charge is 2.26. The van der Waals surface area contributed by atoms with Crippen LogP contribution in [0.1, 0.15) is 24.8 Å². The van der Waals surface area contributed by atoms with Crippen molar-refractivity contribution in [3.63, 3.8) is 0 Å². The van der Waals surface area contributed by atoms with Gasteiger partial charge in [0.15, 0.2) is 0 Å². The summed E-state index contributed by atoms with van der Waals surface area (Å²) in [6.07, 6.45) is 3.86. The van der Waals surface area contributed by atoms with Crippen molar-refractivity contribution in [3.05, 3.63) is 23.8 Å². The lowest BCUT2D eigenvalue weighted by Crippen LogP contribution is -2.33. The number of fused-ring (bicyclic) bond motifs is 1. The Labute approximate surface area is 114 Å². The first kappa shape index (κ1) is 12.7. The van der Waals surface area contributed by atoms with Crippen LogP contribution in [-0.4, -0.2) is 32.4 Å². The van der Waals surface area contributed by atoms with Crippen molar-refractivity contribution < 1.29 is 8.42 Å². The van der Waals surface area contributed by atoms with Crippen LogP contribution in [-0.2, 0) is 16.6 Å². The van der Waals surface area contributed by atoms with Crippen molar-refractivity contribution in [2.24, 2.45) is 0 Å². The maximum Gasteiger partial charge on any atom is 0.301 e. The molecule has 0 bridgehead atoms. The second-order valence-electron chi connectivity index (χ2n) is 5.08. The van der Waals surface area contributed by atoms with Gasteiger partial charge in [0.2, 0.25) is 0 Å². The van der Waals surface area contributed by atoms with Gasteiger partial charge in [0.1, 0.15) is 0 Å². The van der Waals surface area contributed by atoms with E-state index >= 15 is 0 Å². The van der Waals surface area contributed by atoms with Crippen LogP contribution in [0.4, 0.5) is 11.4 Å². The van der Waals surface area contributed by atoms with Gasteiger partial charge in [-0.2, -0.15) is 12.7 Å². The van der Waals surface area contributed by atoms with Crippen LogP contribution >= 0.6 is 0 Å². The molecule has 2 heterocycles. The van der Waals surface area contributed by atoms with Gasteiger partial charge in [-0.15, -0.1) is 0 Å². The Hall–Kier alpha value is -1.27. The minimum atomic E-state index is -3.39. The van der Waals surface area contributed by atoms with Crippen molar-refractivity contribution >= 4 is 21.6 Å². The molecule has 6 heteroatoms. The number of hydrogen-bond acceptors (Lipinski definition) is 3. The highest BCUT2D eigenvalue weighted by atomic mass is 32.2. The number of rotatable bonds is 3. The summed E-state index contributed by atoms with van der Waals surface area (Å²) in [6, 6.07) is 5.74. The van der Waals surface area contributed by atoms with E-state index in [2.05, 4.69) is 10.0 Å². The summed E-state index contributed by atoms with van der Waals surface area (Å²) in [4.78, 5) is 0. The number of hydrogen-bond donors (Lipinski definition) is 2. The van der Waals surface area contributed by atoms with Gasteiger partial charge in [0, 0.05) is 25.3 Å². The molecule has 19 heavy (non-hydrogen) atoms. The molecule has 0 unspecified atom stereocenters. The molecular weight excluding hydrogens is 262 g/mol. The Kier molecular flexibility index (Phi) is 3.36. The van der Waals surface area contributed by atoms with Crippen LogP contribution in [0.15, 0.2) is 18.2 Å². The molecule has 5 nitrogen and oxygen atoms in total. The second kappa shape index (κ2) is 5.02. The molecule has 104 valence electrons. The fourth-order valence-corrected chi connectivity index (χ4v) is 4.07. The summed E-state index contributed by atoms with van der Waals surface area (Å²) >= 11 is 0. The largest absolute Gasteiger partial charge is 0.385 e. The van der Waals surface area contributed by atoms with Crippen LogP contribution in [0.3, 0.4) is 0 Å². The molecule has 1 aromatic carbocycles. The molecule has 0 amide bonds. The molecule has 1 aromatic rings. The second-order valence-corrected chi connectivity index (χ2v) is 6.75. The first-order valence-electron chi connectivity index (χ1n) is 6.80. The molecule has 0 aliphatic carbocycles. The number of nitrogens with one attached hydrogen (secondary N) is 2. The van der Waals surface area contributed by atoms with Crippen LogP contribution < -0.4 is 10.0 Å². The minimum Gasteiger partial charge on any atom is -0.385 e. The average Bonchev–Trinajstić information content (AvgIpc) is 2.93. The Morgan fingerprint density at radius 2 is 1.95 bits per heavy atom. The number of anilines is 2. The van der Waals surface area contributed by atoms with E-state index in [1.807, 2.05) is 18.2 Å². The van der Waals surface area contributed by atoms with Gasteiger partial charge < -0.3 is 5.32 Å². The lowest BCUT2D eigenvalue weighted by atomic mass is 10.0. The third-order valence-corrected chi connectivity index (χ3v) is 5.26. The first-order chi connectivity index (χ1) is 9.17. The highest BCUT2D eigenvalue weighted by molar-refractivity contribution is 7.90. The highest BCUT2D eigenvalue weighted by Crippen LogP contribution is 2.30. The van der Waals surface area contributed by atoms with Crippen molar-refractivity contribution in [3.8, 4) is 0 Å². The lowest BCUT2D eigenvalue weighted by Gasteiger charge is -2.23. The van der Waals surface area contributed by atoms with E-state index in [0.717, 1.165) is 49.2 Å². The van der Waals surface area contributed by atoms with E-state index in [-0.39, 0.29) is 0 Å². The fraction of sp³-hybridized carbons (Fsp3) is 0.538. The van der Waals surface area contributed by atoms with E-state index in [1.165, 1.54) is 4.31 Å². The Morgan fingerprint density at radius 1 is 1.16 bits per heavy atom. The van der Waals surface area contributed by atoms with Crippen LogP contribution in [0.2, 0.25) is 0 Å². The maximum absolute atomic E-state index is 12.3. The summed E-state index contributed by atoms with van der Waals surface area (Å²) in [5, 5.41) is 3.31. The molecule has 3 rings (SSSR count). The normalized spacial score (nSPS) is 19.8. The third kappa shape index (κ3) is 2.55. The minimum absolute atomic E-state index is 0.628. The summed E-state index contributed by atoms with van der Waals surface area (Å²) in [7, 11) is -3.39. The molecule has 0 atom stereocenters. The molecular formula is C13H19N3O2S. The van der Waals surface area contributed by atoms with E-state index in [4.69, 9.17) is 0 Å². The van der Waals surface area contributed by atoms with Crippen molar-refractivity contribution in [1.29, 1.82) is 0 Å². The molecule has 2 aliphatic rings. The standard InChI is InChI=1S/C13H19N3O2S/c17-19(18,16-9-1-2-10-16)15-13-7-3-6-12-11(13)5-4-8-14-12/h3,6-7,14-15H,1-2,4-5,8-10H2. The lowest BCUT2D eigenvalue weighted by molar-refractivity contribution is 0.482. The molecule has 2 aliphatic heterocycles. The average molecular weight is 281 g/mol. The van der Waals surface area contributed by atoms with E-state index < -0.39 is 10.2 Å². The summed E-state index contributed by atoms with van der Waals surface area (Å²) in [5.41, 5.74) is 2.85. The van der Waals surface area contributed by atoms with Gasteiger partial charge in [-0.25, -0.2) is 0 Å². The topological polar surface area (TPSA) is 61.4 Å². The fourth-order valence-electron chi connectivity index (χ4n) is 2.74. The summed E-state index contributed by atoms with van der Waals surface area (Å²) < 4.78 is 28.8. The zero-order valence-corrected chi connectivity index (χ0v) is 11.7. The molecule has 0 radical (unpaired) electrons. The van der Waals surface area contributed by atoms with E-state index in [0.29, 0.717) is 13.1 Å². The summed E-state index contributed by atoms with van der Waals surface area (Å²) in [5.74, 6) is 0. The Morgan fingerprint density at radius 3 is 2.74 bits per heavy atom. The van der Waals surface area contributed by atoms with Crippen molar-refractivity contribution in [2.75, 3.05) is 29.7 Å². The SMILES string of the molecule is O=S(=O)(Nc1cccc2c1CCCN2)N1CCCC1. The Balaban J connectivity index is 1.87. The first-order valence-corrected chi connectivity index (χ1v) is 8.24. The number of nitrogens with zero attached hydrogens (tertiary/aromatic N) is 1. The molecule has 0 saturated carbocycles. The third-order valence-electron chi connectivity index (χ3n) is 3.74. The zero-order chi connectivity index (χ0) is 13.3. The molecule has 1 fully saturated rings. The van der Waals surface area contributed by atoms with Gasteiger partial charge in [-0.1, -0.05) is 6.07 Å². The molecule has 1 saturated heterocycles. The predicted octanol–water partition coefficient (Wildman–Crippen LogP) is 1.80. The molecule has 0 aromatic heterocycles. The number of benzene rings is 1. The van der Waals surface area contributed by atoms with Gasteiger partial charge in [0.05, 0.1) is 5.69 Å². The van der Waals surface area contributed by atoms with Crippen molar-refractivity contribution in [2.45, 2.75) is 25.7 Å². The van der Waals surface area contributed by atoms with E-state index in [1.54, 1.807) is 0 Å². The van der Waals surface area contributed by atoms with Crippen LogP contribution in [0.25, 0.3) is 0 Å². The Bertz CT molecular complexity index is 565. The van der Waals surface area contributed by atoms with Gasteiger partial charge >= 0.3 is 10.2 Å². The van der Waals surface area contributed by atoms with Gasteiger partial charge in [-0.05, 0) is 43.4 Å².